The summed E-state index contributed by atoms with van der Waals surface area (Å²) in [4.78, 5) is 0. The van der Waals surface area contributed by atoms with Crippen molar-refractivity contribution in [1.29, 1.82) is 0 Å². The second-order valence-corrected chi connectivity index (χ2v) is 5.57. The Balaban J connectivity index is 2.24. The first-order valence-corrected chi connectivity index (χ1v) is 6.88. The van der Waals surface area contributed by atoms with Crippen molar-refractivity contribution in [2.75, 3.05) is 0 Å². The molecule has 100 valence electrons. The second-order valence-electron chi connectivity index (χ2n) is 4.26. The van der Waals surface area contributed by atoms with Crippen LogP contribution in [0.2, 0.25) is 15.1 Å². The topological polar surface area (TPSA) is 38.0 Å². The van der Waals surface area contributed by atoms with Gasteiger partial charge in [0.05, 0.1) is 6.04 Å². The highest BCUT2D eigenvalue weighted by Crippen LogP contribution is 2.26. The van der Waals surface area contributed by atoms with Gasteiger partial charge in [-0.15, -0.1) is 0 Å². The summed E-state index contributed by atoms with van der Waals surface area (Å²) in [5.41, 5.74) is 4.81. The molecule has 2 nitrogen and oxygen atoms in total. The van der Waals surface area contributed by atoms with Crippen LogP contribution in [-0.2, 0) is 6.42 Å². The van der Waals surface area contributed by atoms with E-state index in [9.17, 15) is 0 Å². The highest BCUT2D eigenvalue weighted by Gasteiger charge is 2.12. The van der Waals surface area contributed by atoms with Gasteiger partial charge in [-0.1, -0.05) is 46.9 Å². The van der Waals surface area contributed by atoms with Gasteiger partial charge in [0.15, 0.2) is 0 Å². The zero-order valence-electron chi connectivity index (χ0n) is 10.0. The predicted octanol–water partition coefficient (Wildman–Crippen LogP) is 4.39. The van der Waals surface area contributed by atoms with Crippen LogP contribution in [0.15, 0.2) is 42.5 Å². The van der Waals surface area contributed by atoms with Crippen LogP contribution in [0, 0.1) is 0 Å². The molecule has 2 aromatic carbocycles. The largest absolute Gasteiger partial charge is 0.271 e. The van der Waals surface area contributed by atoms with E-state index in [0.29, 0.717) is 21.5 Å². The SMILES string of the molecule is NNC(Cc1cccc(Cl)c1)c1cc(Cl)cc(Cl)c1. The zero-order valence-corrected chi connectivity index (χ0v) is 12.3. The van der Waals surface area contributed by atoms with Crippen LogP contribution in [0.4, 0.5) is 0 Å². The van der Waals surface area contributed by atoms with Crippen molar-refractivity contribution in [3.05, 3.63) is 68.7 Å². The van der Waals surface area contributed by atoms with Gasteiger partial charge in [0.25, 0.3) is 0 Å². The molecule has 0 aliphatic carbocycles. The highest BCUT2D eigenvalue weighted by molar-refractivity contribution is 6.34. The fraction of sp³-hybridized carbons (Fsp3) is 0.143. The maximum atomic E-state index is 6.01. The van der Waals surface area contributed by atoms with Gasteiger partial charge in [-0.25, -0.2) is 0 Å². The molecule has 2 rings (SSSR count). The molecule has 1 unspecified atom stereocenters. The monoisotopic (exact) mass is 314 g/mol. The molecule has 0 radical (unpaired) electrons. The van der Waals surface area contributed by atoms with Gasteiger partial charge in [-0.2, -0.15) is 0 Å². The van der Waals surface area contributed by atoms with Crippen molar-refractivity contribution >= 4 is 34.8 Å². The number of hydrogen-bond acceptors (Lipinski definition) is 2. The molecule has 0 amide bonds. The summed E-state index contributed by atoms with van der Waals surface area (Å²) >= 11 is 18.0. The van der Waals surface area contributed by atoms with E-state index >= 15 is 0 Å². The fourth-order valence-electron chi connectivity index (χ4n) is 1.95. The van der Waals surface area contributed by atoms with Crippen LogP contribution in [0.5, 0.6) is 0 Å². The van der Waals surface area contributed by atoms with Crippen LogP contribution in [-0.4, -0.2) is 0 Å². The Labute approximate surface area is 127 Å². The summed E-state index contributed by atoms with van der Waals surface area (Å²) in [6.07, 6.45) is 0.702. The molecule has 0 aromatic heterocycles. The Morgan fingerprint density at radius 3 is 2.21 bits per heavy atom. The number of hydrogen-bond donors (Lipinski definition) is 2. The minimum Gasteiger partial charge on any atom is -0.271 e. The molecule has 0 spiro atoms. The molecule has 0 saturated carbocycles. The fourth-order valence-corrected chi connectivity index (χ4v) is 2.70. The first kappa shape index (κ1) is 14.6. The normalized spacial score (nSPS) is 12.4. The van der Waals surface area contributed by atoms with Gasteiger partial charge in [-0.3, -0.25) is 11.3 Å². The van der Waals surface area contributed by atoms with Crippen molar-refractivity contribution < 1.29 is 0 Å². The van der Waals surface area contributed by atoms with Crippen molar-refractivity contribution in [1.82, 2.24) is 5.43 Å². The molecule has 3 N–H and O–H groups in total. The second kappa shape index (κ2) is 6.60. The lowest BCUT2D eigenvalue weighted by molar-refractivity contribution is 0.552. The van der Waals surface area contributed by atoms with Crippen molar-refractivity contribution in [3.8, 4) is 0 Å². The van der Waals surface area contributed by atoms with Gasteiger partial charge >= 0.3 is 0 Å². The van der Waals surface area contributed by atoms with Crippen LogP contribution in [0.3, 0.4) is 0 Å². The number of hydrazine groups is 1. The van der Waals surface area contributed by atoms with E-state index in [4.69, 9.17) is 40.6 Å². The quantitative estimate of drug-likeness (QED) is 0.648. The van der Waals surface area contributed by atoms with Crippen molar-refractivity contribution in [2.45, 2.75) is 12.5 Å². The number of benzene rings is 2. The number of rotatable bonds is 4. The third-order valence-corrected chi connectivity index (χ3v) is 3.49. The number of halogens is 3. The molecule has 0 bridgehead atoms. The summed E-state index contributed by atoms with van der Waals surface area (Å²) in [6.45, 7) is 0. The lowest BCUT2D eigenvalue weighted by Crippen LogP contribution is -2.29. The number of nitrogens with two attached hydrogens (primary N) is 1. The van der Waals surface area contributed by atoms with Gasteiger partial charge in [0.2, 0.25) is 0 Å². The van der Waals surface area contributed by atoms with Crippen LogP contribution in [0.1, 0.15) is 17.2 Å². The van der Waals surface area contributed by atoms with Crippen molar-refractivity contribution in [2.24, 2.45) is 5.84 Å². The Hall–Kier alpha value is -0.770. The van der Waals surface area contributed by atoms with Gasteiger partial charge < -0.3 is 0 Å². The smallest absolute Gasteiger partial charge is 0.0501 e. The predicted molar refractivity (Wildman–Crippen MR) is 81.7 cm³/mol. The van der Waals surface area contributed by atoms with Crippen LogP contribution >= 0.6 is 34.8 Å². The standard InChI is InChI=1S/C14H13Cl3N2/c15-11-3-1-2-9(4-11)5-14(19-18)10-6-12(16)8-13(17)7-10/h1-4,6-8,14,19H,5,18H2. The third kappa shape index (κ3) is 4.10. The summed E-state index contributed by atoms with van der Waals surface area (Å²) in [5, 5.41) is 1.89. The van der Waals surface area contributed by atoms with Crippen LogP contribution < -0.4 is 11.3 Å². The molecule has 1 atom stereocenters. The van der Waals surface area contributed by atoms with E-state index < -0.39 is 0 Å². The van der Waals surface area contributed by atoms with E-state index in [2.05, 4.69) is 5.43 Å². The van der Waals surface area contributed by atoms with Crippen molar-refractivity contribution in [3.63, 3.8) is 0 Å². The van der Waals surface area contributed by atoms with E-state index in [1.807, 2.05) is 36.4 Å². The Kier molecular flexibility index (Phi) is 5.08. The molecular weight excluding hydrogens is 303 g/mol. The lowest BCUT2D eigenvalue weighted by atomic mass is 9.99. The van der Waals surface area contributed by atoms with Gasteiger partial charge in [-0.05, 0) is 47.9 Å². The molecule has 5 heteroatoms. The average molecular weight is 316 g/mol. The summed E-state index contributed by atoms with van der Waals surface area (Å²) < 4.78 is 0. The van der Waals surface area contributed by atoms with Gasteiger partial charge in [0.1, 0.15) is 0 Å². The summed E-state index contributed by atoms with van der Waals surface area (Å²) in [5.74, 6) is 5.62. The average Bonchev–Trinajstić information content (AvgIpc) is 2.34. The van der Waals surface area contributed by atoms with E-state index in [0.717, 1.165) is 11.1 Å². The van der Waals surface area contributed by atoms with E-state index in [1.54, 1.807) is 6.07 Å². The van der Waals surface area contributed by atoms with Crippen LogP contribution in [0.25, 0.3) is 0 Å². The summed E-state index contributed by atoms with van der Waals surface area (Å²) in [6, 6.07) is 13.0. The Morgan fingerprint density at radius 2 is 1.63 bits per heavy atom. The molecule has 2 aromatic rings. The molecule has 0 saturated heterocycles. The maximum absolute atomic E-state index is 6.01. The molecule has 0 aliphatic rings. The zero-order chi connectivity index (χ0) is 13.8. The highest BCUT2D eigenvalue weighted by atomic mass is 35.5. The lowest BCUT2D eigenvalue weighted by Gasteiger charge is -2.17. The molecule has 0 heterocycles. The molecule has 0 aliphatic heterocycles. The van der Waals surface area contributed by atoms with Gasteiger partial charge in [0, 0.05) is 15.1 Å². The Morgan fingerprint density at radius 1 is 0.947 bits per heavy atom. The van der Waals surface area contributed by atoms with E-state index in [-0.39, 0.29) is 6.04 Å². The Bertz CT molecular complexity index is 552. The third-order valence-electron chi connectivity index (χ3n) is 2.82. The molecular formula is C14H13Cl3N2. The van der Waals surface area contributed by atoms with E-state index in [1.165, 1.54) is 0 Å². The molecule has 19 heavy (non-hydrogen) atoms. The maximum Gasteiger partial charge on any atom is 0.0501 e. The minimum atomic E-state index is -0.0744. The summed E-state index contributed by atoms with van der Waals surface area (Å²) in [7, 11) is 0. The molecule has 0 fully saturated rings. The first-order chi connectivity index (χ1) is 9.08. The number of nitrogens with one attached hydrogen (secondary N) is 1. The minimum absolute atomic E-state index is 0.0744. The first-order valence-electron chi connectivity index (χ1n) is 5.75.